The Morgan fingerprint density at radius 3 is 2.24 bits per heavy atom. The van der Waals surface area contributed by atoms with Crippen molar-refractivity contribution in [3.63, 3.8) is 0 Å². The van der Waals surface area contributed by atoms with Crippen LogP contribution in [-0.2, 0) is 14.3 Å². The molecule has 34 heavy (non-hydrogen) atoms. The van der Waals surface area contributed by atoms with E-state index in [4.69, 9.17) is 4.74 Å². The van der Waals surface area contributed by atoms with Crippen LogP contribution in [0.5, 0.6) is 0 Å². The standard InChI is InChI=1S/C27H30N2O5/c1-29(27(13-14-27)25(31)32)24(30)17-7-6-8-18(15-17)28-26(33)34-16-23-21-11-4-2-9-19(21)20-10-3-5-12-22(20)23/h2-5,9-12,17-18,23H,6-8,13-16H2,1H3,(H,28,33)(H,31,32)/t17-,18+/m0/s1. The van der Waals surface area contributed by atoms with Crippen LogP contribution in [0.4, 0.5) is 4.79 Å². The van der Waals surface area contributed by atoms with Gasteiger partial charge >= 0.3 is 12.1 Å². The lowest BCUT2D eigenvalue weighted by molar-refractivity contribution is -0.153. The Bertz CT molecular complexity index is 1080. The molecule has 0 saturated heterocycles. The molecule has 0 heterocycles. The number of carbonyl (C=O) groups excluding carboxylic acids is 2. The van der Waals surface area contributed by atoms with Crippen LogP contribution in [-0.4, -0.2) is 53.2 Å². The third-order valence-electron chi connectivity index (χ3n) is 7.78. The van der Waals surface area contributed by atoms with Crippen LogP contribution in [0.2, 0.25) is 0 Å². The van der Waals surface area contributed by atoms with Crippen molar-refractivity contribution in [1.29, 1.82) is 0 Å². The van der Waals surface area contributed by atoms with Crippen molar-refractivity contribution in [3.05, 3.63) is 59.7 Å². The molecule has 5 rings (SSSR count). The molecule has 0 bridgehead atoms. The van der Waals surface area contributed by atoms with Gasteiger partial charge < -0.3 is 20.1 Å². The molecule has 2 atom stereocenters. The number of nitrogens with zero attached hydrogens (tertiary/aromatic N) is 1. The highest BCUT2D eigenvalue weighted by Crippen LogP contribution is 2.45. The maximum absolute atomic E-state index is 13.0. The molecule has 3 aliphatic carbocycles. The van der Waals surface area contributed by atoms with E-state index in [0.29, 0.717) is 25.7 Å². The minimum atomic E-state index is -1.04. The van der Waals surface area contributed by atoms with E-state index in [1.54, 1.807) is 7.05 Å². The number of alkyl carbamates (subject to hydrolysis) is 1. The number of amides is 2. The zero-order valence-electron chi connectivity index (χ0n) is 19.3. The first-order valence-corrected chi connectivity index (χ1v) is 12.0. The molecule has 0 aromatic heterocycles. The van der Waals surface area contributed by atoms with Gasteiger partial charge in [-0.25, -0.2) is 9.59 Å². The second-order valence-corrected chi connectivity index (χ2v) is 9.76. The van der Waals surface area contributed by atoms with Gasteiger partial charge in [-0.1, -0.05) is 55.0 Å². The first-order valence-electron chi connectivity index (χ1n) is 12.0. The van der Waals surface area contributed by atoms with E-state index in [0.717, 1.165) is 24.0 Å². The van der Waals surface area contributed by atoms with Gasteiger partial charge in [0, 0.05) is 24.9 Å². The van der Waals surface area contributed by atoms with Gasteiger partial charge in [0.2, 0.25) is 5.91 Å². The lowest BCUT2D eigenvalue weighted by Crippen LogP contribution is -2.49. The number of fused-ring (bicyclic) bond motifs is 3. The number of carboxylic acids is 1. The van der Waals surface area contributed by atoms with Crippen LogP contribution >= 0.6 is 0 Å². The molecule has 7 nitrogen and oxygen atoms in total. The van der Waals surface area contributed by atoms with Gasteiger partial charge in [0.1, 0.15) is 12.1 Å². The predicted octanol–water partition coefficient (Wildman–Crippen LogP) is 4.16. The number of likely N-dealkylation sites (N-methyl/N-ethyl adjacent to an activating group) is 1. The molecule has 2 aromatic rings. The zero-order valence-corrected chi connectivity index (χ0v) is 19.3. The fourth-order valence-corrected chi connectivity index (χ4v) is 5.65. The molecule has 2 N–H and O–H groups in total. The Morgan fingerprint density at radius 1 is 1.03 bits per heavy atom. The maximum atomic E-state index is 13.0. The van der Waals surface area contributed by atoms with Gasteiger partial charge in [-0.05, 0) is 54.4 Å². The third-order valence-corrected chi connectivity index (χ3v) is 7.78. The Labute approximate surface area is 199 Å². The summed E-state index contributed by atoms with van der Waals surface area (Å²) in [6, 6.07) is 16.2. The van der Waals surface area contributed by atoms with Crippen molar-refractivity contribution in [1.82, 2.24) is 10.2 Å². The van der Waals surface area contributed by atoms with E-state index in [-0.39, 0.29) is 30.4 Å². The van der Waals surface area contributed by atoms with Crippen LogP contribution in [0, 0.1) is 5.92 Å². The van der Waals surface area contributed by atoms with Crippen molar-refractivity contribution in [2.45, 2.75) is 56.0 Å². The normalized spacial score (nSPS) is 22.3. The molecule has 0 spiro atoms. The molecule has 2 amide bonds. The summed E-state index contributed by atoms with van der Waals surface area (Å²) in [6.45, 7) is 0.249. The average Bonchev–Trinajstić information content (AvgIpc) is 3.61. The quantitative estimate of drug-likeness (QED) is 0.672. The Kier molecular flexibility index (Phi) is 5.80. The van der Waals surface area contributed by atoms with Gasteiger partial charge in [-0.2, -0.15) is 0 Å². The van der Waals surface area contributed by atoms with E-state index in [2.05, 4.69) is 29.6 Å². The molecular weight excluding hydrogens is 432 g/mol. The maximum Gasteiger partial charge on any atom is 0.407 e. The van der Waals surface area contributed by atoms with Gasteiger partial charge in [0.25, 0.3) is 0 Å². The van der Waals surface area contributed by atoms with Crippen LogP contribution in [0.25, 0.3) is 11.1 Å². The lowest BCUT2D eigenvalue weighted by Gasteiger charge is -2.33. The van der Waals surface area contributed by atoms with E-state index < -0.39 is 17.6 Å². The van der Waals surface area contributed by atoms with Gasteiger partial charge in [0.15, 0.2) is 0 Å². The van der Waals surface area contributed by atoms with E-state index in [1.165, 1.54) is 16.0 Å². The van der Waals surface area contributed by atoms with Crippen LogP contribution in [0.1, 0.15) is 55.6 Å². The number of carbonyl (C=O) groups is 3. The van der Waals surface area contributed by atoms with Crippen LogP contribution in [0.3, 0.4) is 0 Å². The molecule has 2 fully saturated rings. The summed E-state index contributed by atoms with van der Waals surface area (Å²) in [5.74, 6) is -1.36. The van der Waals surface area contributed by atoms with Crippen molar-refractivity contribution in [2.75, 3.05) is 13.7 Å². The Hall–Kier alpha value is -3.35. The summed E-state index contributed by atoms with van der Waals surface area (Å²) in [6.07, 6.45) is 3.32. The summed E-state index contributed by atoms with van der Waals surface area (Å²) in [7, 11) is 1.59. The first-order chi connectivity index (χ1) is 16.4. The fraction of sp³-hybridized carbons (Fsp3) is 0.444. The molecule has 0 aliphatic heterocycles. The number of rotatable bonds is 6. The first kappa shape index (κ1) is 22.4. The van der Waals surface area contributed by atoms with Crippen molar-refractivity contribution in [3.8, 4) is 11.1 Å². The summed E-state index contributed by atoms with van der Waals surface area (Å²) >= 11 is 0. The Balaban J connectivity index is 1.18. The van der Waals surface area contributed by atoms with Crippen molar-refractivity contribution >= 4 is 18.0 Å². The monoisotopic (exact) mass is 462 g/mol. The smallest absolute Gasteiger partial charge is 0.407 e. The number of ether oxygens (including phenoxy) is 1. The summed E-state index contributed by atoms with van der Waals surface area (Å²) < 4.78 is 5.66. The summed E-state index contributed by atoms with van der Waals surface area (Å²) in [4.78, 5) is 38.6. The molecule has 178 valence electrons. The molecule has 0 unspecified atom stereocenters. The van der Waals surface area contributed by atoms with E-state index >= 15 is 0 Å². The van der Waals surface area contributed by atoms with Crippen LogP contribution < -0.4 is 5.32 Å². The number of nitrogens with one attached hydrogen (secondary N) is 1. The largest absolute Gasteiger partial charge is 0.479 e. The number of hydrogen-bond acceptors (Lipinski definition) is 4. The zero-order chi connectivity index (χ0) is 23.9. The highest BCUT2D eigenvalue weighted by atomic mass is 16.5. The number of aliphatic carboxylic acids is 1. The molecule has 7 heteroatoms. The van der Waals surface area contributed by atoms with Crippen LogP contribution in [0.15, 0.2) is 48.5 Å². The fourth-order valence-electron chi connectivity index (χ4n) is 5.65. The predicted molar refractivity (Wildman–Crippen MR) is 126 cm³/mol. The number of hydrogen-bond donors (Lipinski definition) is 2. The number of carboxylic acid groups (broad SMARTS) is 1. The SMILES string of the molecule is CN(C(=O)[C@H]1CCC[C@@H](NC(=O)OCC2c3ccccc3-c3ccccc32)C1)C1(C(=O)O)CC1. The molecular formula is C27H30N2O5. The summed E-state index contributed by atoms with van der Waals surface area (Å²) in [5.41, 5.74) is 3.65. The minimum Gasteiger partial charge on any atom is -0.479 e. The number of benzene rings is 2. The average molecular weight is 463 g/mol. The molecule has 2 saturated carbocycles. The van der Waals surface area contributed by atoms with Gasteiger partial charge in [-0.3, -0.25) is 4.79 Å². The lowest BCUT2D eigenvalue weighted by atomic mass is 9.84. The second-order valence-electron chi connectivity index (χ2n) is 9.76. The Morgan fingerprint density at radius 2 is 1.65 bits per heavy atom. The second kappa shape index (κ2) is 8.78. The van der Waals surface area contributed by atoms with Gasteiger partial charge in [0.05, 0.1) is 0 Å². The highest BCUT2D eigenvalue weighted by molar-refractivity contribution is 5.90. The van der Waals surface area contributed by atoms with Gasteiger partial charge in [-0.15, -0.1) is 0 Å². The van der Waals surface area contributed by atoms with E-state index in [1.807, 2.05) is 24.3 Å². The van der Waals surface area contributed by atoms with Crippen molar-refractivity contribution < 1.29 is 24.2 Å². The van der Waals surface area contributed by atoms with Crippen molar-refractivity contribution in [2.24, 2.45) is 5.92 Å². The molecule has 0 radical (unpaired) electrons. The topological polar surface area (TPSA) is 95.9 Å². The van der Waals surface area contributed by atoms with E-state index in [9.17, 15) is 19.5 Å². The molecule has 2 aromatic carbocycles. The minimum absolute atomic E-state index is 0.00164. The molecule has 3 aliphatic rings. The highest BCUT2D eigenvalue weighted by Gasteiger charge is 2.56. The summed E-state index contributed by atoms with van der Waals surface area (Å²) in [5, 5.41) is 12.4. The third kappa shape index (κ3) is 3.93.